The van der Waals surface area contributed by atoms with Crippen molar-refractivity contribution in [2.45, 2.75) is 33.2 Å². The molecule has 154 valence electrons. The summed E-state index contributed by atoms with van der Waals surface area (Å²) in [6, 6.07) is 10.8. The minimum Gasteiger partial charge on any atom is -0.493 e. The minimum absolute atomic E-state index is 0.183. The van der Waals surface area contributed by atoms with E-state index in [1.54, 1.807) is 22.6 Å². The summed E-state index contributed by atoms with van der Waals surface area (Å²) in [5, 5.41) is 15.2. The SMILES string of the molecule is CCOc1ccccc1C(=O)NCc1nnc2cc(-c3nc(C(C)C)no3)ccn12. The number of ether oxygens (including phenoxy) is 1. The van der Waals surface area contributed by atoms with Crippen LogP contribution in [0.25, 0.3) is 17.1 Å². The van der Waals surface area contributed by atoms with E-state index in [-0.39, 0.29) is 18.4 Å². The van der Waals surface area contributed by atoms with Gasteiger partial charge in [-0.3, -0.25) is 9.20 Å². The fraction of sp³-hybridized carbons (Fsp3) is 0.286. The molecule has 0 bridgehead atoms. The number of nitrogens with zero attached hydrogens (tertiary/aromatic N) is 5. The second-order valence-electron chi connectivity index (χ2n) is 6.98. The van der Waals surface area contributed by atoms with Crippen LogP contribution in [0.3, 0.4) is 0 Å². The van der Waals surface area contributed by atoms with Gasteiger partial charge < -0.3 is 14.6 Å². The molecule has 0 aliphatic carbocycles. The lowest BCUT2D eigenvalue weighted by Gasteiger charge is -2.10. The van der Waals surface area contributed by atoms with Crippen molar-refractivity contribution in [1.29, 1.82) is 0 Å². The Kier molecular flexibility index (Phi) is 5.42. The fourth-order valence-corrected chi connectivity index (χ4v) is 2.97. The lowest BCUT2D eigenvalue weighted by molar-refractivity contribution is 0.0946. The lowest BCUT2D eigenvalue weighted by atomic mass is 10.2. The van der Waals surface area contributed by atoms with Crippen LogP contribution in [0.5, 0.6) is 5.75 Å². The normalized spacial score (nSPS) is 11.2. The standard InChI is InChI=1S/C21H22N6O3/c1-4-29-16-8-6-5-7-15(16)20(28)22-12-18-25-24-17-11-14(9-10-27(17)18)21-23-19(13(2)3)26-30-21/h5-11,13H,4,12H2,1-3H3,(H,22,28). The molecule has 3 aromatic heterocycles. The van der Waals surface area contributed by atoms with Gasteiger partial charge in [-0.2, -0.15) is 4.98 Å². The Balaban J connectivity index is 1.51. The van der Waals surface area contributed by atoms with Crippen LogP contribution in [0.15, 0.2) is 47.1 Å². The zero-order valence-electron chi connectivity index (χ0n) is 17.0. The van der Waals surface area contributed by atoms with E-state index in [1.807, 2.05) is 45.2 Å². The number of nitrogens with one attached hydrogen (secondary N) is 1. The second kappa shape index (κ2) is 8.32. The average Bonchev–Trinajstić information content (AvgIpc) is 3.40. The van der Waals surface area contributed by atoms with Crippen LogP contribution in [0.2, 0.25) is 0 Å². The monoisotopic (exact) mass is 406 g/mol. The molecule has 0 radical (unpaired) electrons. The summed E-state index contributed by atoms with van der Waals surface area (Å²) in [5.74, 6) is 2.19. The lowest BCUT2D eigenvalue weighted by Crippen LogP contribution is -2.24. The zero-order valence-corrected chi connectivity index (χ0v) is 17.0. The summed E-state index contributed by atoms with van der Waals surface area (Å²) in [6.45, 7) is 6.59. The van der Waals surface area contributed by atoms with Crippen molar-refractivity contribution in [3.05, 3.63) is 59.8 Å². The molecule has 4 rings (SSSR count). The molecule has 4 aromatic rings. The highest BCUT2D eigenvalue weighted by atomic mass is 16.5. The number of benzene rings is 1. The van der Waals surface area contributed by atoms with Gasteiger partial charge in [0, 0.05) is 17.7 Å². The molecular weight excluding hydrogens is 384 g/mol. The summed E-state index contributed by atoms with van der Waals surface area (Å²) in [7, 11) is 0. The van der Waals surface area contributed by atoms with Crippen molar-refractivity contribution >= 4 is 11.6 Å². The van der Waals surface area contributed by atoms with Gasteiger partial charge in [0.25, 0.3) is 11.8 Å². The second-order valence-corrected chi connectivity index (χ2v) is 6.98. The third-order valence-electron chi connectivity index (χ3n) is 4.52. The summed E-state index contributed by atoms with van der Waals surface area (Å²) < 4.78 is 12.7. The van der Waals surface area contributed by atoms with E-state index >= 15 is 0 Å². The van der Waals surface area contributed by atoms with Crippen molar-refractivity contribution in [3.63, 3.8) is 0 Å². The molecule has 3 heterocycles. The van der Waals surface area contributed by atoms with Crippen LogP contribution in [0.4, 0.5) is 0 Å². The van der Waals surface area contributed by atoms with Crippen molar-refractivity contribution in [1.82, 2.24) is 30.1 Å². The highest BCUT2D eigenvalue weighted by Crippen LogP contribution is 2.21. The first kappa shape index (κ1) is 19.6. The predicted octanol–water partition coefficient (Wildman–Crippen LogP) is 3.23. The van der Waals surface area contributed by atoms with E-state index in [4.69, 9.17) is 9.26 Å². The first-order valence-corrected chi connectivity index (χ1v) is 9.74. The number of fused-ring (bicyclic) bond motifs is 1. The topological polar surface area (TPSA) is 107 Å². The number of pyridine rings is 1. The Bertz CT molecular complexity index is 1180. The van der Waals surface area contributed by atoms with Gasteiger partial charge in [0.05, 0.1) is 18.7 Å². The van der Waals surface area contributed by atoms with Crippen molar-refractivity contribution in [3.8, 4) is 17.2 Å². The van der Waals surface area contributed by atoms with E-state index in [1.165, 1.54) is 0 Å². The number of carbonyl (C=O) groups is 1. The summed E-state index contributed by atoms with van der Waals surface area (Å²) >= 11 is 0. The van der Waals surface area contributed by atoms with E-state index in [2.05, 4.69) is 25.7 Å². The zero-order chi connectivity index (χ0) is 21.1. The van der Waals surface area contributed by atoms with E-state index in [9.17, 15) is 4.79 Å². The van der Waals surface area contributed by atoms with E-state index in [0.717, 1.165) is 5.56 Å². The van der Waals surface area contributed by atoms with E-state index < -0.39 is 0 Å². The van der Waals surface area contributed by atoms with Crippen LogP contribution < -0.4 is 10.1 Å². The van der Waals surface area contributed by atoms with Crippen LogP contribution in [-0.2, 0) is 6.54 Å². The molecule has 1 N–H and O–H groups in total. The maximum absolute atomic E-state index is 12.6. The van der Waals surface area contributed by atoms with E-state index in [0.29, 0.717) is 41.1 Å². The Morgan fingerprint density at radius 1 is 1.23 bits per heavy atom. The third kappa shape index (κ3) is 3.86. The first-order chi connectivity index (χ1) is 14.6. The molecule has 0 atom stereocenters. The number of hydrogen-bond donors (Lipinski definition) is 1. The Hall–Kier alpha value is -3.75. The number of amides is 1. The first-order valence-electron chi connectivity index (χ1n) is 9.74. The fourth-order valence-electron chi connectivity index (χ4n) is 2.97. The van der Waals surface area contributed by atoms with Gasteiger partial charge >= 0.3 is 0 Å². The molecule has 9 heteroatoms. The largest absolute Gasteiger partial charge is 0.493 e. The molecule has 0 saturated carbocycles. The van der Waals surface area contributed by atoms with Crippen molar-refractivity contribution in [2.24, 2.45) is 0 Å². The average molecular weight is 406 g/mol. The smallest absolute Gasteiger partial charge is 0.258 e. The summed E-state index contributed by atoms with van der Waals surface area (Å²) in [5.41, 5.74) is 1.86. The molecule has 9 nitrogen and oxygen atoms in total. The van der Waals surface area contributed by atoms with Gasteiger partial charge in [-0.25, -0.2) is 0 Å². The summed E-state index contributed by atoms with van der Waals surface area (Å²) in [4.78, 5) is 17.0. The Morgan fingerprint density at radius 3 is 2.83 bits per heavy atom. The van der Waals surface area contributed by atoms with Gasteiger partial charge in [0.15, 0.2) is 17.3 Å². The number of carbonyl (C=O) groups excluding carboxylic acids is 1. The minimum atomic E-state index is -0.237. The number of para-hydroxylation sites is 1. The molecular formula is C21H22N6O3. The molecule has 30 heavy (non-hydrogen) atoms. The predicted molar refractivity (Wildman–Crippen MR) is 109 cm³/mol. The van der Waals surface area contributed by atoms with Crippen molar-refractivity contribution in [2.75, 3.05) is 6.61 Å². The molecule has 0 fully saturated rings. The molecule has 0 aliphatic rings. The van der Waals surface area contributed by atoms with Crippen LogP contribution in [0.1, 0.15) is 48.7 Å². The molecule has 1 aromatic carbocycles. The molecule has 0 spiro atoms. The maximum Gasteiger partial charge on any atom is 0.258 e. The maximum atomic E-state index is 12.6. The number of hydrogen-bond acceptors (Lipinski definition) is 7. The molecule has 0 aliphatic heterocycles. The summed E-state index contributed by atoms with van der Waals surface area (Å²) in [6.07, 6.45) is 1.82. The van der Waals surface area contributed by atoms with Gasteiger partial charge in [0.2, 0.25) is 0 Å². The van der Waals surface area contributed by atoms with Crippen LogP contribution in [0, 0.1) is 0 Å². The number of aromatic nitrogens is 5. The van der Waals surface area contributed by atoms with Crippen molar-refractivity contribution < 1.29 is 14.1 Å². The quantitative estimate of drug-likeness (QED) is 0.502. The molecule has 0 saturated heterocycles. The number of rotatable bonds is 7. The van der Waals surface area contributed by atoms with Gasteiger partial charge in [0.1, 0.15) is 5.75 Å². The van der Waals surface area contributed by atoms with Crippen LogP contribution >= 0.6 is 0 Å². The third-order valence-corrected chi connectivity index (χ3v) is 4.52. The Labute approximate surface area is 173 Å². The van der Waals surface area contributed by atoms with Crippen LogP contribution in [-0.4, -0.2) is 37.3 Å². The molecule has 0 unspecified atom stereocenters. The highest BCUT2D eigenvalue weighted by Gasteiger charge is 2.15. The highest BCUT2D eigenvalue weighted by molar-refractivity contribution is 5.96. The molecule has 1 amide bonds. The van der Waals surface area contributed by atoms with Gasteiger partial charge in [-0.1, -0.05) is 31.1 Å². The Morgan fingerprint density at radius 2 is 2.07 bits per heavy atom. The van der Waals surface area contributed by atoms with Gasteiger partial charge in [-0.05, 0) is 31.2 Å². The van der Waals surface area contributed by atoms with Gasteiger partial charge in [-0.15, -0.1) is 10.2 Å².